The van der Waals surface area contributed by atoms with Crippen molar-refractivity contribution in [1.82, 2.24) is 0 Å². The monoisotopic (exact) mass is 342 g/mol. The number of carbonyl (C=O) groups is 1. The highest BCUT2D eigenvalue weighted by molar-refractivity contribution is 9.10. The molecule has 98 valence electrons. The maximum Gasteiger partial charge on any atom is 0.196 e. The van der Waals surface area contributed by atoms with Gasteiger partial charge in [0.1, 0.15) is 0 Å². The molecule has 0 spiro atoms. The van der Waals surface area contributed by atoms with E-state index in [0.29, 0.717) is 15.1 Å². The summed E-state index contributed by atoms with van der Waals surface area (Å²) in [6.45, 7) is 0. The zero-order valence-corrected chi connectivity index (χ0v) is 12.3. The third-order valence-electron chi connectivity index (χ3n) is 2.61. The normalized spacial score (nSPS) is 10.3. The molecule has 0 aliphatic rings. The van der Waals surface area contributed by atoms with Gasteiger partial charge in [-0.15, -0.1) is 0 Å². The van der Waals surface area contributed by atoms with E-state index in [2.05, 4.69) is 15.9 Å². The van der Waals surface area contributed by atoms with Crippen LogP contribution < -0.4 is 4.74 Å². The summed E-state index contributed by atoms with van der Waals surface area (Å²) in [5, 5.41) is 0.397. The van der Waals surface area contributed by atoms with E-state index in [9.17, 15) is 9.18 Å². The fourth-order valence-corrected chi connectivity index (χ4v) is 2.06. The summed E-state index contributed by atoms with van der Waals surface area (Å²) < 4.78 is 19.5. The molecular formula is C14H9BrClFO2. The lowest BCUT2D eigenvalue weighted by Gasteiger charge is -2.07. The molecule has 0 atom stereocenters. The number of ether oxygens (including phenoxy) is 1. The summed E-state index contributed by atoms with van der Waals surface area (Å²) in [6.07, 6.45) is 0. The number of benzene rings is 2. The molecule has 0 bridgehead atoms. The van der Waals surface area contributed by atoms with E-state index in [0.717, 1.165) is 0 Å². The first-order chi connectivity index (χ1) is 9.04. The third kappa shape index (κ3) is 2.80. The van der Waals surface area contributed by atoms with Gasteiger partial charge in [0.05, 0.1) is 17.7 Å². The third-order valence-corrected chi connectivity index (χ3v) is 3.84. The van der Waals surface area contributed by atoms with Crippen LogP contribution in [0, 0.1) is 5.82 Å². The van der Waals surface area contributed by atoms with Gasteiger partial charge in [-0.25, -0.2) is 4.39 Å². The molecule has 0 aliphatic heterocycles. The van der Waals surface area contributed by atoms with Gasteiger partial charge in [-0.3, -0.25) is 4.79 Å². The van der Waals surface area contributed by atoms with Gasteiger partial charge in [0.2, 0.25) is 0 Å². The lowest BCUT2D eigenvalue weighted by Crippen LogP contribution is -2.05. The van der Waals surface area contributed by atoms with Crippen LogP contribution in [0.2, 0.25) is 5.02 Å². The SMILES string of the molecule is COc1cccc(C(=O)c2ccc(Br)c(Cl)c2)c1F. The first-order valence-corrected chi connectivity index (χ1v) is 6.54. The molecule has 19 heavy (non-hydrogen) atoms. The number of rotatable bonds is 3. The van der Waals surface area contributed by atoms with Crippen molar-refractivity contribution in [3.8, 4) is 5.75 Å². The topological polar surface area (TPSA) is 26.3 Å². The van der Waals surface area contributed by atoms with Gasteiger partial charge in [0, 0.05) is 10.0 Å². The second-order valence-electron chi connectivity index (χ2n) is 3.78. The van der Waals surface area contributed by atoms with E-state index < -0.39 is 11.6 Å². The molecule has 0 saturated heterocycles. The van der Waals surface area contributed by atoms with Crippen LogP contribution in [0.15, 0.2) is 40.9 Å². The van der Waals surface area contributed by atoms with Crippen molar-refractivity contribution in [1.29, 1.82) is 0 Å². The molecule has 2 aromatic rings. The Labute approximate surface area is 123 Å². The van der Waals surface area contributed by atoms with Crippen molar-refractivity contribution in [3.63, 3.8) is 0 Å². The highest BCUT2D eigenvalue weighted by atomic mass is 79.9. The van der Waals surface area contributed by atoms with Crippen LogP contribution in [0.4, 0.5) is 4.39 Å². The Morgan fingerprint density at radius 3 is 2.68 bits per heavy atom. The second-order valence-corrected chi connectivity index (χ2v) is 5.04. The van der Waals surface area contributed by atoms with Gasteiger partial charge in [0.15, 0.2) is 17.3 Å². The van der Waals surface area contributed by atoms with Gasteiger partial charge < -0.3 is 4.74 Å². The molecule has 2 nitrogen and oxygen atoms in total. The van der Waals surface area contributed by atoms with Crippen molar-refractivity contribution in [2.45, 2.75) is 0 Å². The van der Waals surface area contributed by atoms with Crippen LogP contribution >= 0.6 is 27.5 Å². The predicted molar refractivity (Wildman–Crippen MR) is 75.5 cm³/mol. The van der Waals surface area contributed by atoms with Crippen molar-refractivity contribution >= 4 is 33.3 Å². The minimum Gasteiger partial charge on any atom is -0.494 e. The average Bonchev–Trinajstić information content (AvgIpc) is 2.41. The summed E-state index contributed by atoms with van der Waals surface area (Å²) in [5.41, 5.74) is 0.276. The molecular weight excluding hydrogens is 335 g/mol. The maximum atomic E-state index is 14.0. The van der Waals surface area contributed by atoms with Crippen molar-refractivity contribution < 1.29 is 13.9 Å². The summed E-state index contributed by atoms with van der Waals surface area (Å²) in [5.74, 6) is -1.08. The quantitative estimate of drug-likeness (QED) is 0.768. The lowest BCUT2D eigenvalue weighted by atomic mass is 10.0. The molecule has 0 N–H and O–H groups in total. The summed E-state index contributed by atoms with van der Waals surface area (Å²) >= 11 is 9.16. The largest absolute Gasteiger partial charge is 0.494 e. The Morgan fingerprint density at radius 2 is 2.05 bits per heavy atom. The van der Waals surface area contributed by atoms with Crippen molar-refractivity contribution in [3.05, 3.63) is 62.8 Å². The number of hydrogen-bond acceptors (Lipinski definition) is 2. The number of methoxy groups -OCH3 is 1. The van der Waals surface area contributed by atoms with E-state index in [1.54, 1.807) is 18.2 Å². The highest BCUT2D eigenvalue weighted by Crippen LogP contribution is 2.26. The van der Waals surface area contributed by atoms with Gasteiger partial charge in [-0.2, -0.15) is 0 Å². The van der Waals surface area contributed by atoms with Gasteiger partial charge in [0.25, 0.3) is 0 Å². The summed E-state index contributed by atoms with van der Waals surface area (Å²) in [7, 11) is 1.35. The van der Waals surface area contributed by atoms with Crippen molar-refractivity contribution in [2.75, 3.05) is 7.11 Å². The molecule has 0 unspecified atom stereocenters. The van der Waals surface area contributed by atoms with E-state index in [1.807, 2.05) is 0 Å². The fraction of sp³-hybridized carbons (Fsp3) is 0.0714. The molecule has 2 rings (SSSR count). The van der Waals surface area contributed by atoms with Crippen LogP contribution in [-0.2, 0) is 0 Å². The van der Waals surface area contributed by atoms with Crippen LogP contribution in [0.1, 0.15) is 15.9 Å². The van der Waals surface area contributed by atoms with Crippen LogP contribution in [0.5, 0.6) is 5.75 Å². The fourth-order valence-electron chi connectivity index (χ4n) is 1.64. The lowest BCUT2D eigenvalue weighted by molar-refractivity contribution is 0.103. The molecule has 0 aromatic heterocycles. The van der Waals surface area contributed by atoms with Crippen LogP contribution in [0.25, 0.3) is 0 Å². The molecule has 0 saturated carbocycles. The maximum absolute atomic E-state index is 14.0. The zero-order valence-electron chi connectivity index (χ0n) is 9.91. The Balaban J connectivity index is 2.47. The number of ketones is 1. The highest BCUT2D eigenvalue weighted by Gasteiger charge is 2.17. The first kappa shape index (κ1) is 14.0. The predicted octanol–water partition coefficient (Wildman–Crippen LogP) is 4.48. The van der Waals surface area contributed by atoms with Gasteiger partial charge in [-0.1, -0.05) is 17.7 Å². The smallest absolute Gasteiger partial charge is 0.196 e. The Bertz CT molecular complexity index is 643. The molecule has 0 radical (unpaired) electrons. The minimum absolute atomic E-state index is 0.0362. The Morgan fingerprint density at radius 1 is 1.32 bits per heavy atom. The van der Waals surface area contributed by atoms with Crippen molar-refractivity contribution in [2.24, 2.45) is 0 Å². The molecule has 0 fully saturated rings. The number of carbonyl (C=O) groups excluding carboxylic acids is 1. The summed E-state index contributed by atoms with van der Waals surface area (Å²) in [4.78, 5) is 12.2. The zero-order chi connectivity index (χ0) is 14.0. The molecule has 0 aliphatic carbocycles. The number of hydrogen-bond donors (Lipinski definition) is 0. The minimum atomic E-state index is -0.672. The first-order valence-electron chi connectivity index (χ1n) is 5.37. The van der Waals surface area contributed by atoms with E-state index in [-0.39, 0.29) is 11.3 Å². The van der Waals surface area contributed by atoms with Gasteiger partial charge in [-0.05, 0) is 46.3 Å². The average molecular weight is 344 g/mol. The Kier molecular flexibility index (Phi) is 4.22. The molecule has 5 heteroatoms. The second kappa shape index (κ2) is 5.72. The summed E-state index contributed by atoms with van der Waals surface area (Å²) in [6, 6.07) is 9.16. The van der Waals surface area contributed by atoms with Crippen LogP contribution in [0.3, 0.4) is 0 Å². The molecule has 0 amide bonds. The van der Waals surface area contributed by atoms with Gasteiger partial charge >= 0.3 is 0 Å². The van der Waals surface area contributed by atoms with E-state index in [1.165, 1.54) is 25.3 Å². The molecule has 0 heterocycles. The van der Waals surface area contributed by atoms with E-state index >= 15 is 0 Å². The molecule has 2 aromatic carbocycles. The number of halogens is 3. The van der Waals surface area contributed by atoms with E-state index in [4.69, 9.17) is 16.3 Å². The van der Waals surface area contributed by atoms with Crippen LogP contribution in [-0.4, -0.2) is 12.9 Å². The Hall–Kier alpha value is -1.39. The standard InChI is InChI=1S/C14H9BrClFO2/c1-19-12-4-2-3-9(13(12)17)14(18)8-5-6-10(15)11(16)7-8/h2-7H,1H3.